The Hall–Kier alpha value is -2.21. The van der Waals surface area contributed by atoms with Gasteiger partial charge in [-0.3, -0.25) is 0 Å². The van der Waals surface area contributed by atoms with Gasteiger partial charge in [0.05, 0.1) is 25.1 Å². The number of ether oxygens (including phenoxy) is 3. The molecule has 1 aliphatic heterocycles. The Bertz CT molecular complexity index is 721. The Morgan fingerprint density at radius 3 is 2.30 bits per heavy atom. The molecule has 0 amide bonds. The Balaban J connectivity index is 1.36. The Labute approximate surface area is 180 Å². The molecule has 1 aliphatic rings. The summed E-state index contributed by atoms with van der Waals surface area (Å²) >= 11 is 0. The minimum absolute atomic E-state index is 0.212. The van der Waals surface area contributed by atoms with Crippen LogP contribution in [0.4, 0.5) is 0 Å². The van der Waals surface area contributed by atoms with Gasteiger partial charge in [-0.25, -0.2) is 15.0 Å². The van der Waals surface area contributed by atoms with E-state index in [1.807, 2.05) is 12.1 Å². The molecule has 0 saturated carbocycles. The molecule has 6 nitrogen and oxygen atoms in total. The zero-order valence-electron chi connectivity index (χ0n) is 18.4. The van der Waals surface area contributed by atoms with Crippen molar-refractivity contribution in [2.45, 2.75) is 83.8 Å². The van der Waals surface area contributed by atoms with Crippen LogP contribution in [0.2, 0.25) is 0 Å². The summed E-state index contributed by atoms with van der Waals surface area (Å²) in [5.74, 6) is 1.94. The summed E-state index contributed by atoms with van der Waals surface area (Å²) in [4.78, 5) is 13.2. The third-order valence-electron chi connectivity index (χ3n) is 5.31. The van der Waals surface area contributed by atoms with Gasteiger partial charge in [0, 0.05) is 17.8 Å². The van der Waals surface area contributed by atoms with E-state index in [0.29, 0.717) is 36.8 Å². The summed E-state index contributed by atoms with van der Waals surface area (Å²) in [6.45, 7) is 5.70. The van der Waals surface area contributed by atoms with Crippen LogP contribution in [0, 0.1) is 0 Å². The van der Waals surface area contributed by atoms with E-state index in [-0.39, 0.29) is 6.10 Å². The molecule has 0 bridgehead atoms. The molecule has 164 valence electrons. The van der Waals surface area contributed by atoms with E-state index >= 15 is 0 Å². The molecule has 3 rings (SSSR count). The van der Waals surface area contributed by atoms with Crippen LogP contribution in [0.15, 0.2) is 30.7 Å². The fourth-order valence-corrected chi connectivity index (χ4v) is 3.36. The number of nitrogens with zero attached hydrogens (tertiary/aromatic N) is 3. The van der Waals surface area contributed by atoms with Crippen molar-refractivity contribution >= 4 is 0 Å². The standard InChI is InChI=1S/C24H35N3O3/c1-3-5-7-8-9-10-14-28-23-13-12-19(15-25-23)24-26-16-20(17-27-24)29-18-22-21(30-22)11-6-4-2/h12-13,15-17,21-22H,3-11,14,18H2,1-2H3/t21-,22-/m0/s1. The summed E-state index contributed by atoms with van der Waals surface area (Å²) in [6, 6.07) is 3.82. The quantitative estimate of drug-likeness (QED) is 0.279. The summed E-state index contributed by atoms with van der Waals surface area (Å²) in [6.07, 6.45) is 16.7. The van der Waals surface area contributed by atoms with Gasteiger partial charge in [-0.05, 0) is 18.9 Å². The van der Waals surface area contributed by atoms with Crippen molar-refractivity contribution in [1.29, 1.82) is 0 Å². The minimum Gasteiger partial charge on any atom is -0.488 e. The van der Waals surface area contributed by atoms with Gasteiger partial charge in [-0.1, -0.05) is 58.8 Å². The molecule has 30 heavy (non-hydrogen) atoms. The van der Waals surface area contributed by atoms with Crippen molar-refractivity contribution in [3.05, 3.63) is 30.7 Å². The van der Waals surface area contributed by atoms with E-state index < -0.39 is 0 Å². The molecule has 2 aromatic heterocycles. The van der Waals surface area contributed by atoms with Gasteiger partial charge in [-0.15, -0.1) is 0 Å². The summed E-state index contributed by atoms with van der Waals surface area (Å²) in [5, 5.41) is 0. The molecule has 0 aromatic carbocycles. The number of hydrogen-bond acceptors (Lipinski definition) is 6. The highest BCUT2D eigenvalue weighted by atomic mass is 16.6. The molecule has 1 fully saturated rings. The zero-order valence-corrected chi connectivity index (χ0v) is 18.4. The first-order chi connectivity index (χ1) is 14.8. The Kier molecular flexibility index (Phi) is 9.35. The molecule has 0 unspecified atom stereocenters. The van der Waals surface area contributed by atoms with Crippen molar-refractivity contribution < 1.29 is 14.2 Å². The lowest BCUT2D eigenvalue weighted by Gasteiger charge is -2.07. The van der Waals surface area contributed by atoms with E-state index in [1.165, 1.54) is 44.9 Å². The van der Waals surface area contributed by atoms with E-state index in [9.17, 15) is 0 Å². The maximum atomic E-state index is 5.75. The average molecular weight is 414 g/mol. The van der Waals surface area contributed by atoms with Crippen LogP contribution in [-0.2, 0) is 4.74 Å². The Morgan fingerprint density at radius 1 is 0.800 bits per heavy atom. The molecule has 0 N–H and O–H groups in total. The van der Waals surface area contributed by atoms with Gasteiger partial charge < -0.3 is 14.2 Å². The highest BCUT2D eigenvalue weighted by molar-refractivity contribution is 5.53. The number of hydrogen-bond donors (Lipinski definition) is 0. The maximum Gasteiger partial charge on any atom is 0.213 e. The average Bonchev–Trinajstić information content (AvgIpc) is 3.55. The molecule has 0 aliphatic carbocycles. The lowest BCUT2D eigenvalue weighted by Crippen LogP contribution is -2.08. The van der Waals surface area contributed by atoms with Crippen molar-refractivity contribution in [3.8, 4) is 23.0 Å². The largest absolute Gasteiger partial charge is 0.488 e. The first-order valence-electron chi connectivity index (χ1n) is 11.5. The van der Waals surface area contributed by atoms with Crippen molar-refractivity contribution in [1.82, 2.24) is 15.0 Å². The Morgan fingerprint density at radius 2 is 1.57 bits per heavy atom. The summed E-state index contributed by atoms with van der Waals surface area (Å²) < 4.78 is 17.1. The molecule has 0 spiro atoms. The first kappa shape index (κ1) is 22.5. The fraction of sp³-hybridized carbons (Fsp3) is 0.625. The van der Waals surface area contributed by atoms with Crippen LogP contribution in [-0.4, -0.2) is 40.4 Å². The molecular formula is C24H35N3O3. The van der Waals surface area contributed by atoms with E-state index in [0.717, 1.165) is 18.4 Å². The lowest BCUT2D eigenvalue weighted by molar-refractivity contribution is 0.258. The number of unbranched alkanes of at least 4 members (excludes halogenated alkanes) is 6. The van der Waals surface area contributed by atoms with Crippen LogP contribution < -0.4 is 9.47 Å². The van der Waals surface area contributed by atoms with E-state index in [1.54, 1.807) is 18.6 Å². The third-order valence-corrected chi connectivity index (χ3v) is 5.31. The number of aromatic nitrogens is 3. The predicted octanol–water partition coefficient (Wildman–Crippen LogP) is 5.61. The highest BCUT2D eigenvalue weighted by Crippen LogP contribution is 2.28. The second-order valence-corrected chi connectivity index (χ2v) is 7.91. The normalized spacial score (nSPS) is 17.7. The maximum absolute atomic E-state index is 5.75. The smallest absolute Gasteiger partial charge is 0.213 e. The molecule has 2 aromatic rings. The van der Waals surface area contributed by atoms with Gasteiger partial charge in [0.15, 0.2) is 11.6 Å². The topological polar surface area (TPSA) is 69.7 Å². The second-order valence-electron chi connectivity index (χ2n) is 7.91. The van der Waals surface area contributed by atoms with Gasteiger partial charge in [0.25, 0.3) is 0 Å². The number of pyridine rings is 1. The predicted molar refractivity (Wildman–Crippen MR) is 118 cm³/mol. The fourth-order valence-electron chi connectivity index (χ4n) is 3.36. The molecule has 1 saturated heterocycles. The third kappa shape index (κ3) is 7.56. The van der Waals surface area contributed by atoms with Gasteiger partial charge >= 0.3 is 0 Å². The first-order valence-corrected chi connectivity index (χ1v) is 11.5. The number of rotatable bonds is 15. The highest BCUT2D eigenvalue weighted by Gasteiger charge is 2.38. The van der Waals surface area contributed by atoms with Crippen LogP contribution in [0.1, 0.15) is 71.6 Å². The SMILES string of the molecule is CCCCCCCCOc1ccc(-c2ncc(OC[C@@H]3O[C@H]3CCCC)cn2)cn1. The van der Waals surface area contributed by atoms with Crippen molar-refractivity contribution in [2.24, 2.45) is 0 Å². The molecule has 0 radical (unpaired) electrons. The molecule has 3 heterocycles. The van der Waals surface area contributed by atoms with Crippen LogP contribution in [0.25, 0.3) is 11.4 Å². The van der Waals surface area contributed by atoms with Gasteiger partial charge in [0.1, 0.15) is 12.7 Å². The van der Waals surface area contributed by atoms with Crippen LogP contribution in [0.5, 0.6) is 11.6 Å². The minimum atomic E-state index is 0.212. The van der Waals surface area contributed by atoms with E-state index in [2.05, 4.69) is 28.8 Å². The number of epoxide rings is 1. The van der Waals surface area contributed by atoms with Crippen molar-refractivity contribution in [3.63, 3.8) is 0 Å². The second kappa shape index (κ2) is 12.5. The van der Waals surface area contributed by atoms with Gasteiger partial charge in [-0.2, -0.15) is 0 Å². The molecular weight excluding hydrogens is 378 g/mol. The molecule has 2 atom stereocenters. The summed E-state index contributed by atoms with van der Waals surface area (Å²) in [5.41, 5.74) is 0.860. The lowest BCUT2D eigenvalue weighted by atomic mass is 10.1. The van der Waals surface area contributed by atoms with E-state index in [4.69, 9.17) is 14.2 Å². The monoisotopic (exact) mass is 413 g/mol. The summed E-state index contributed by atoms with van der Waals surface area (Å²) in [7, 11) is 0. The molecule has 6 heteroatoms. The van der Waals surface area contributed by atoms with Crippen molar-refractivity contribution in [2.75, 3.05) is 13.2 Å². The van der Waals surface area contributed by atoms with Gasteiger partial charge in [0.2, 0.25) is 5.88 Å². The van der Waals surface area contributed by atoms with Crippen LogP contribution in [0.3, 0.4) is 0 Å². The zero-order chi connectivity index (χ0) is 21.0. The van der Waals surface area contributed by atoms with Crippen LogP contribution >= 0.6 is 0 Å².